The zero-order valence-electron chi connectivity index (χ0n) is 18.5. The summed E-state index contributed by atoms with van der Waals surface area (Å²) >= 11 is 0. The lowest BCUT2D eigenvalue weighted by molar-refractivity contribution is -0.141. The number of benzene rings is 2. The molecule has 30 heavy (non-hydrogen) atoms. The molecule has 0 saturated carbocycles. The van der Waals surface area contributed by atoms with Gasteiger partial charge in [-0.3, -0.25) is 9.59 Å². The van der Waals surface area contributed by atoms with E-state index in [-0.39, 0.29) is 11.8 Å². The zero-order chi connectivity index (χ0) is 22.1. The van der Waals surface area contributed by atoms with Crippen molar-refractivity contribution in [2.45, 2.75) is 45.7 Å². The fraction of sp³-hybridized carbons (Fsp3) is 0.417. The van der Waals surface area contributed by atoms with Crippen molar-refractivity contribution in [3.63, 3.8) is 0 Å². The Labute approximate surface area is 179 Å². The second-order valence-electron chi connectivity index (χ2n) is 7.23. The molecule has 6 nitrogen and oxygen atoms in total. The van der Waals surface area contributed by atoms with Gasteiger partial charge in [-0.05, 0) is 43.0 Å². The van der Waals surface area contributed by atoms with Gasteiger partial charge in [0.25, 0.3) is 0 Å². The Morgan fingerprint density at radius 1 is 1.00 bits per heavy atom. The Balaban J connectivity index is 2.19. The maximum atomic E-state index is 13.2. The Morgan fingerprint density at radius 3 is 2.20 bits per heavy atom. The van der Waals surface area contributed by atoms with Gasteiger partial charge < -0.3 is 19.7 Å². The van der Waals surface area contributed by atoms with Gasteiger partial charge in [0, 0.05) is 20.0 Å². The van der Waals surface area contributed by atoms with Gasteiger partial charge >= 0.3 is 0 Å². The molecule has 0 aliphatic heterocycles. The molecular weight excluding hydrogens is 380 g/mol. The molecule has 2 aromatic carbocycles. The van der Waals surface area contributed by atoms with Crippen LogP contribution in [0.1, 0.15) is 36.5 Å². The number of nitrogens with zero attached hydrogens (tertiary/aromatic N) is 1. The lowest BCUT2D eigenvalue weighted by atomic mass is 10.1. The Bertz CT molecular complexity index is 849. The average molecular weight is 413 g/mol. The highest BCUT2D eigenvalue weighted by molar-refractivity contribution is 5.87. The number of methoxy groups -OCH3 is 2. The molecule has 0 heterocycles. The van der Waals surface area contributed by atoms with E-state index in [1.165, 1.54) is 0 Å². The predicted octanol–water partition coefficient (Wildman–Crippen LogP) is 3.50. The van der Waals surface area contributed by atoms with Crippen LogP contribution in [0.2, 0.25) is 0 Å². The molecule has 2 aromatic rings. The molecule has 0 aliphatic carbocycles. The van der Waals surface area contributed by atoms with E-state index in [1.807, 2.05) is 56.3 Å². The number of hydrogen-bond acceptors (Lipinski definition) is 4. The van der Waals surface area contributed by atoms with Crippen molar-refractivity contribution < 1.29 is 19.1 Å². The average Bonchev–Trinajstić information content (AvgIpc) is 2.78. The van der Waals surface area contributed by atoms with Crippen molar-refractivity contribution in [1.82, 2.24) is 10.2 Å². The van der Waals surface area contributed by atoms with E-state index in [9.17, 15) is 9.59 Å². The van der Waals surface area contributed by atoms with E-state index in [4.69, 9.17) is 9.47 Å². The Kier molecular flexibility index (Phi) is 8.71. The van der Waals surface area contributed by atoms with Gasteiger partial charge in [-0.1, -0.05) is 42.8 Å². The number of carbonyl (C=O) groups is 2. The first-order valence-electron chi connectivity index (χ1n) is 10.2. The highest BCUT2D eigenvalue weighted by atomic mass is 16.5. The third-order valence-electron chi connectivity index (χ3n) is 5.18. The summed E-state index contributed by atoms with van der Waals surface area (Å²) in [5.41, 5.74) is 3.13. The largest absolute Gasteiger partial charge is 0.493 e. The van der Waals surface area contributed by atoms with Crippen LogP contribution in [-0.4, -0.2) is 44.0 Å². The first-order chi connectivity index (χ1) is 14.4. The second-order valence-corrected chi connectivity index (χ2v) is 7.23. The number of aryl methyl sites for hydroxylation is 2. The second kappa shape index (κ2) is 11.2. The molecule has 162 valence electrons. The summed E-state index contributed by atoms with van der Waals surface area (Å²) in [7, 11) is 4.78. The summed E-state index contributed by atoms with van der Waals surface area (Å²) in [6.45, 7) is 4.34. The van der Waals surface area contributed by atoms with Crippen molar-refractivity contribution in [2.75, 3.05) is 21.3 Å². The summed E-state index contributed by atoms with van der Waals surface area (Å²) in [6.07, 6.45) is 1.40. The third kappa shape index (κ3) is 5.99. The van der Waals surface area contributed by atoms with Crippen molar-refractivity contribution >= 4 is 11.8 Å². The molecule has 2 amide bonds. The number of hydrogen-bond donors (Lipinski definition) is 1. The molecule has 0 aromatic heterocycles. The van der Waals surface area contributed by atoms with Gasteiger partial charge in [0.1, 0.15) is 6.04 Å². The lowest BCUT2D eigenvalue weighted by Crippen LogP contribution is -2.48. The molecule has 0 radical (unpaired) electrons. The van der Waals surface area contributed by atoms with Gasteiger partial charge in [0.2, 0.25) is 11.8 Å². The van der Waals surface area contributed by atoms with Gasteiger partial charge in [-0.25, -0.2) is 0 Å². The minimum atomic E-state index is -0.505. The zero-order valence-corrected chi connectivity index (χ0v) is 18.5. The van der Waals surface area contributed by atoms with Crippen LogP contribution in [0.15, 0.2) is 42.5 Å². The van der Waals surface area contributed by atoms with Crippen molar-refractivity contribution in [2.24, 2.45) is 0 Å². The minimum Gasteiger partial charge on any atom is -0.493 e. The van der Waals surface area contributed by atoms with Crippen LogP contribution < -0.4 is 14.8 Å². The summed E-state index contributed by atoms with van der Waals surface area (Å²) in [5.74, 6) is 1.08. The SMILES string of the molecule is CCC(C(=O)NC)N(Cc1ccc(C)cc1)C(=O)CCc1ccc(OC)c(OC)c1. The highest BCUT2D eigenvalue weighted by Gasteiger charge is 2.27. The van der Waals surface area contributed by atoms with Crippen molar-refractivity contribution in [3.05, 3.63) is 59.2 Å². The summed E-state index contributed by atoms with van der Waals surface area (Å²) in [4.78, 5) is 27.3. The molecule has 1 N–H and O–H groups in total. The van der Waals surface area contributed by atoms with Gasteiger partial charge in [-0.2, -0.15) is 0 Å². The number of nitrogens with one attached hydrogen (secondary N) is 1. The summed E-state index contributed by atoms with van der Waals surface area (Å²) < 4.78 is 10.6. The van der Waals surface area contributed by atoms with Gasteiger partial charge in [0.05, 0.1) is 14.2 Å². The molecule has 0 aliphatic rings. The van der Waals surface area contributed by atoms with Crippen LogP contribution in [0.5, 0.6) is 11.5 Å². The summed E-state index contributed by atoms with van der Waals surface area (Å²) in [6, 6.07) is 13.2. The first kappa shape index (κ1) is 23.3. The topological polar surface area (TPSA) is 67.9 Å². The molecule has 2 rings (SSSR count). The van der Waals surface area contributed by atoms with E-state index in [2.05, 4.69) is 5.32 Å². The van der Waals surface area contributed by atoms with Gasteiger partial charge in [0.15, 0.2) is 11.5 Å². The number of likely N-dealkylation sites (N-methyl/N-ethyl adjacent to an activating group) is 1. The predicted molar refractivity (Wildman–Crippen MR) is 118 cm³/mol. The van der Waals surface area contributed by atoms with Crippen LogP contribution in [0.3, 0.4) is 0 Å². The molecule has 1 atom stereocenters. The minimum absolute atomic E-state index is 0.0548. The number of amides is 2. The fourth-order valence-electron chi connectivity index (χ4n) is 3.41. The summed E-state index contributed by atoms with van der Waals surface area (Å²) in [5, 5.41) is 2.68. The van der Waals surface area contributed by atoms with Crippen LogP contribution >= 0.6 is 0 Å². The van der Waals surface area contributed by atoms with Crippen LogP contribution in [-0.2, 0) is 22.6 Å². The van der Waals surface area contributed by atoms with Crippen molar-refractivity contribution in [3.8, 4) is 11.5 Å². The number of rotatable bonds is 10. The molecule has 0 spiro atoms. The first-order valence-corrected chi connectivity index (χ1v) is 10.2. The molecule has 0 saturated heterocycles. The highest BCUT2D eigenvalue weighted by Crippen LogP contribution is 2.28. The van der Waals surface area contributed by atoms with E-state index >= 15 is 0 Å². The lowest BCUT2D eigenvalue weighted by Gasteiger charge is -2.30. The monoisotopic (exact) mass is 412 g/mol. The molecular formula is C24H32N2O4. The molecule has 0 bridgehead atoms. The van der Waals surface area contributed by atoms with Gasteiger partial charge in [-0.15, -0.1) is 0 Å². The number of ether oxygens (including phenoxy) is 2. The Hall–Kier alpha value is -3.02. The standard InChI is InChI=1S/C24H32N2O4/c1-6-20(24(28)25-3)26(16-19-9-7-17(2)8-10-19)23(27)14-12-18-11-13-21(29-4)22(15-18)30-5/h7-11,13,15,20H,6,12,14,16H2,1-5H3,(H,25,28). The third-order valence-corrected chi connectivity index (χ3v) is 5.18. The van der Waals surface area contributed by atoms with Crippen molar-refractivity contribution in [1.29, 1.82) is 0 Å². The maximum absolute atomic E-state index is 13.2. The van der Waals surface area contributed by atoms with Crippen LogP contribution in [0.25, 0.3) is 0 Å². The normalized spacial score (nSPS) is 11.5. The van der Waals surface area contributed by atoms with E-state index in [1.54, 1.807) is 26.2 Å². The fourth-order valence-corrected chi connectivity index (χ4v) is 3.41. The molecule has 6 heteroatoms. The Morgan fingerprint density at radius 2 is 1.63 bits per heavy atom. The van der Waals surface area contributed by atoms with Crippen LogP contribution in [0.4, 0.5) is 0 Å². The van der Waals surface area contributed by atoms with E-state index < -0.39 is 6.04 Å². The smallest absolute Gasteiger partial charge is 0.242 e. The maximum Gasteiger partial charge on any atom is 0.242 e. The molecule has 1 unspecified atom stereocenters. The quantitative estimate of drug-likeness (QED) is 0.649. The number of carbonyl (C=O) groups excluding carboxylic acids is 2. The van der Waals surface area contributed by atoms with E-state index in [0.29, 0.717) is 37.3 Å². The van der Waals surface area contributed by atoms with Crippen LogP contribution in [0, 0.1) is 6.92 Å². The van der Waals surface area contributed by atoms with E-state index in [0.717, 1.165) is 16.7 Å². The molecule has 0 fully saturated rings.